The summed E-state index contributed by atoms with van der Waals surface area (Å²) in [5.74, 6) is 0.698. The van der Waals surface area contributed by atoms with Crippen molar-refractivity contribution in [2.45, 2.75) is 26.8 Å². The second-order valence-electron chi connectivity index (χ2n) is 3.80. The van der Waals surface area contributed by atoms with Crippen LogP contribution in [0.5, 0.6) is 0 Å². The molecular weight excluding hydrogens is 160 g/mol. The van der Waals surface area contributed by atoms with Gasteiger partial charge in [0.15, 0.2) is 0 Å². The maximum absolute atomic E-state index is 4.00. The third kappa shape index (κ3) is 3.55. The van der Waals surface area contributed by atoms with Gasteiger partial charge in [0.2, 0.25) is 0 Å². The van der Waals surface area contributed by atoms with E-state index in [2.05, 4.69) is 43.2 Å². The molecule has 0 saturated carbocycles. The minimum atomic E-state index is 0.422. The summed E-state index contributed by atoms with van der Waals surface area (Å²) in [6.07, 6.45) is 3.67. The van der Waals surface area contributed by atoms with Crippen molar-refractivity contribution in [1.29, 1.82) is 0 Å². The van der Waals surface area contributed by atoms with Crippen molar-refractivity contribution in [3.8, 4) is 0 Å². The van der Waals surface area contributed by atoms with Gasteiger partial charge in [-0.05, 0) is 37.1 Å². The molecule has 1 unspecified atom stereocenters. The zero-order valence-electron chi connectivity index (χ0n) is 8.62. The fraction of sp³-hybridized carbons (Fsp3) is 0.545. The smallest absolute Gasteiger partial charge is 0.0293 e. The Kier molecular flexibility index (Phi) is 3.90. The van der Waals surface area contributed by atoms with Gasteiger partial charge < -0.3 is 5.32 Å². The molecule has 0 saturated heterocycles. The van der Waals surface area contributed by atoms with Crippen LogP contribution in [0.15, 0.2) is 24.5 Å². The Hall–Kier alpha value is -0.890. The molecule has 1 N–H and O–H groups in total. The molecule has 0 fully saturated rings. The number of pyridine rings is 1. The van der Waals surface area contributed by atoms with Crippen LogP contribution in [0.1, 0.15) is 32.4 Å². The molecule has 1 atom stereocenters. The molecule has 13 heavy (non-hydrogen) atoms. The summed E-state index contributed by atoms with van der Waals surface area (Å²) in [7, 11) is 0. The Morgan fingerprint density at radius 3 is 2.38 bits per heavy atom. The van der Waals surface area contributed by atoms with Crippen molar-refractivity contribution < 1.29 is 0 Å². The van der Waals surface area contributed by atoms with Gasteiger partial charge in [-0.2, -0.15) is 0 Å². The molecule has 0 spiro atoms. The quantitative estimate of drug-likeness (QED) is 0.765. The third-order valence-corrected chi connectivity index (χ3v) is 2.04. The molecule has 0 bridgehead atoms. The minimum absolute atomic E-state index is 0.422. The monoisotopic (exact) mass is 178 g/mol. The van der Waals surface area contributed by atoms with Crippen LogP contribution >= 0.6 is 0 Å². The Morgan fingerprint density at radius 2 is 1.85 bits per heavy atom. The lowest BCUT2D eigenvalue weighted by Crippen LogP contribution is -2.23. The first-order valence-corrected chi connectivity index (χ1v) is 4.83. The van der Waals surface area contributed by atoms with Crippen molar-refractivity contribution in [2.75, 3.05) is 6.54 Å². The summed E-state index contributed by atoms with van der Waals surface area (Å²) in [6.45, 7) is 7.67. The van der Waals surface area contributed by atoms with Crippen LogP contribution in [0.3, 0.4) is 0 Å². The summed E-state index contributed by atoms with van der Waals surface area (Å²) in [5.41, 5.74) is 1.30. The summed E-state index contributed by atoms with van der Waals surface area (Å²) in [5, 5.41) is 3.47. The van der Waals surface area contributed by atoms with Crippen molar-refractivity contribution in [1.82, 2.24) is 10.3 Å². The Balaban J connectivity index is 2.44. The summed E-state index contributed by atoms with van der Waals surface area (Å²) in [6, 6.07) is 4.53. The lowest BCUT2D eigenvalue weighted by atomic mass is 10.1. The van der Waals surface area contributed by atoms with Gasteiger partial charge in [-0.15, -0.1) is 0 Å². The van der Waals surface area contributed by atoms with E-state index in [0.29, 0.717) is 12.0 Å². The zero-order valence-corrected chi connectivity index (χ0v) is 8.62. The lowest BCUT2D eigenvalue weighted by Gasteiger charge is -2.15. The Morgan fingerprint density at radius 1 is 1.23 bits per heavy atom. The molecule has 2 heteroatoms. The summed E-state index contributed by atoms with van der Waals surface area (Å²) in [4.78, 5) is 4.00. The second-order valence-corrected chi connectivity index (χ2v) is 3.80. The molecule has 0 aliphatic heterocycles. The lowest BCUT2D eigenvalue weighted by molar-refractivity contribution is 0.496. The molecule has 0 aromatic carbocycles. The second kappa shape index (κ2) is 4.97. The first kappa shape index (κ1) is 10.2. The van der Waals surface area contributed by atoms with E-state index in [0.717, 1.165) is 6.54 Å². The van der Waals surface area contributed by atoms with Crippen LogP contribution in [-0.2, 0) is 0 Å². The summed E-state index contributed by atoms with van der Waals surface area (Å²) >= 11 is 0. The Labute approximate surface area is 80.4 Å². The van der Waals surface area contributed by atoms with E-state index in [1.165, 1.54) is 5.56 Å². The summed E-state index contributed by atoms with van der Waals surface area (Å²) < 4.78 is 0. The van der Waals surface area contributed by atoms with Crippen LogP contribution in [0, 0.1) is 5.92 Å². The van der Waals surface area contributed by atoms with Gasteiger partial charge in [0.1, 0.15) is 0 Å². The largest absolute Gasteiger partial charge is 0.310 e. The van der Waals surface area contributed by atoms with E-state index in [9.17, 15) is 0 Å². The van der Waals surface area contributed by atoms with E-state index in [-0.39, 0.29) is 0 Å². The normalized spacial score (nSPS) is 13.2. The molecule has 2 nitrogen and oxygen atoms in total. The average Bonchev–Trinajstić information content (AvgIpc) is 2.15. The molecule has 1 heterocycles. The van der Waals surface area contributed by atoms with E-state index in [1.54, 1.807) is 0 Å². The van der Waals surface area contributed by atoms with E-state index < -0.39 is 0 Å². The molecule has 0 amide bonds. The standard InChI is InChI=1S/C11H18N2/c1-9(2)8-13-10(3)11-4-6-12-7-5-11/h4-7,9-10,13H,8H2,1-3H3. The average molecular weight is 178 g/mol. The van der Waals surface area contributed by atoms with Gasteiger partial charge in [-0.3, -0.25) is 4.98 Å². The number of hydrogen-bond acceptors (Lipinski definition) is 2. The SMILES string of the molecule is CC(C)CNC(C)c1ccncc1. The highest BCUT2D eigenvalue weighted by atomic mass is 14.9. The molecule has 1 aromatic heterocycles. The van der Waals surface area contributed by atoms with Crippen molar-refractivity contribution in [3.63, 3.8) is 0 Å². The van der Waals surface area contributed by atoms with Gasteiger partial charge in [-0.25, -0.2) is 0 Å². The predicted molar refractivity (Wildman–Crippen MR) is 55.5 cm³/mol. The van der Waals surface area contributed by atoms with Crippen molar-refractivity contribution >= 4 is 0 Å². The van der Waals surface area contributed by atoms with Gasteiger partial charge in [-0.1, -0.05) is 13.8 Å². The molecule has 0 aliphatic rings. The van der Waals surface area contributed by atoms with Gasteiger partial charge in [0.25, 0.3) is 0 Å². The highest BCUT2D eigenvalue weighted by molar-refractivity contribution is 5.13. The molecule has 1 aromatic rings. The van der Waals surface area contributed by atoms with Crippen LogP contribution in [0.2, 0.25) is 0 Å². The first-order chi connectivity index (χ1) is 6.20. The molecule has 1 rings (SSSR count). The van der Waals surface area contributed by atoms with E-state index >= 15 is 0 Å². The number of aromatic nitrogens is 1. The highest BCUT2D eigenvalue weighted by Gasteiger charge is 2.03. The van der Waals surface area contributed by atoms with E-state index in [4.69, 9.17) is 0 Å². The topological polar surface area (TPSA) is 24.9 Å². The predicted octanol–water partition coefficient (Wildman–Crippen LogP) is 2.39. The van der Waals surface area contributed by atoms with Crippen LogP contribution < -0.4 is 5.32 Å². The molecule has 72 valence electrons. The van der Waals surface area contributed by atoms with Crippen molar-refractivity contribution in [3.05, 3.63) is 30.1 Å². The maximum atomic E-state index is 4.00. The van der Waals surface area contributed by atoms with Gasteiger partial charge >= 0.3 is 0 Å². The number of nitrogens with one attached hydrogen (secondary N) is 1. The molecule has 0 aliphatic carbocycles. The number of rotatable bonds is 4. The number of nitrogens with zero attached hydrogens (tertiary/aromatic N) is 1. The fourth-order valence-corrected chi connectivity index (χ4v) is 1.18. The van der Waals surface area contributed by atoms with Crippen molar-refractivity contribution in [2.24, 2.45) is 5.92 Å². The van der Waals surface area contributed by atoms with Gasteiger partial charge in [0, 0.05) is 18.4 Å². The molecule has 0 radical (unpaired) electrons. The highest BCUT2D eigenvalue weighted by Crippen LogP contribution is 2.10. The maximum Gasteiger partial charge on any atom is 0.0293 e. The van der Waals surface area contributed by atoms with Crippen LogP contribution in [-0.4, -0.2) is 11.5 Å². The van der Waals surface area contributed by atoms with Gasteiger partial charge in [0.05, 0.1) is 0 Å². The Bertz CT molecular complexity index is 231. The zero-order chi connectivity index (χ0) is 9.68. The van der Waals surface area contributed by atoms with Crippen LogP contribution in [0.25, 0.3) is 0 Å². The fourth-order valence-electron chi connectivity index (χ4n) is 1.18. The van der Waals surface area contributed by atoms with Crippen LogP contribution in [0.4, 0.5) is 0 Å². The van der Waals surface area contributed by atoms with E-state index in [1.807, 2.05) is 12.4 Å². The number of hydrogen-bond donors (Lipinski definition) is 1. The third-order valence-electron chi connectivity index (χ3n) is 2.04. The molecular formula is C11H18N2. The first-order valence-electron chi connectivity index (χ1n) is 4.83. The minimum Gasteiger partial charge on any atom is -0.310 e.